The lowest BCUT2D eigenvalue weighted by atomic mass is 10.0. The molecule has 1 fully saturated rings. The van der Waals surface area contributed by atoms with Crippen molar-refractivity contribution < 1.29 is 8.78 Å². The first kappa shape index (κ1) is 10.8. The third kappa shape index (κ3) is 3.12. The molecule has 1 rings (SSSR count). The number of halogens is 2. The van der Waals surface area contributed by atoms with Crippen molar-refractivity contribution in [2.45, 2.75) is 32.2 Å². The van der Waals surface area contributed by atoms with Crippen LogP contribution in [0, 0.1) is 0 Å². The van der Waals surface area contributed by atoms with Crippen LogP contribution in [-0.4, -0.2) is 25.1 Å². The van der Waals surface area contributed by atoms with Crippen LogP contribution in [0.1, 0.15) is 20.3 Å². The van der Waals surface area contributed by atoms with Crippen molar-refractivity contribution in [1.29, 1.82) is 0 Å². The molecule has 0 saturated carbocycles. The van der Waals surface area contributed by atoms with E-state index in [2.05, 4.69) is 5.32 Å². The third-order valence-electron chi connectivity index (χ3n) is 1.54. The first-order valence-corrected chi connectivity index (χ1v) is 3.97. The van der Waals surface area contributed by atoms with Gasteiger partial charge in [0.2, 0.25) is 0 Å². The first-order chi connectivity index (χ1) is 5.13. The summed E-state index contributed by atoms with van der Waals surface area (Å²) >= 11 is 0. The average molecular weight is 166 g/mol. The molecule has 0 amide bonds. The molecular formula is C7H16F2N2. The zero-order chi connectivity index (χ0) is 8.91. The zero-order valence-corrected chi connectivity index (χ0v) is 7.03. The number of hydrogen-bond donors (Lipinski definition) is 2. The van der Waals surface area contributed by atoms with Crippen LogP contribution in [0.25, 0.3) is 0 Å². The summed E-state index contributed by atoms with van der Waals surface area (Å²) in [5.41, 5.74) is 5.12. The van der Waals surface area contributed by atoms with Crippen LogP contribution in [0.15, 0.2) is 0 Å². The SMILES string of the molecule is CC.NC1CCNCC1(F)F. The van der Waals surface area contributed by atoms with Crippen molar-refractivity contribution >= 4 is 0 Å². The second kappa shape index (κ2) is 4.62. The van der Waals surface area contributed by atoms with E-state index < -0.39 is 12.0 Å². The van der Waals surface area contributed by atoms with E-state index in [0.717, 1.165) is 0 Å². The summed E-state index contributed by atoms with van der Waals surface area (Å²) in [6, 6.07) is -0.946. The highest BCUT2D eigenvalue weighted by atomic mass is 19.3. The van der Waals surface area contributed by atoms with Gasteiger partial charge in [-0.15, -0.1) is 0 Å². The van der Waals surface area contributed by atoms with Crippen molar-refractivity contribution in [3.05, 3.63) is 0 Å². The number of rotatable bonds is 0. The molecule has 1 aliphatic rings. The quantitative estimate of drug-likeness (QED) is 0.562. The Kier molecular flexibility index (Phi) is 4.52. The lowest BCUT2D eigenvalue weighted by Crippen LogP contribution is -2.53. The predicted octanol–water partition coefficient (Wildman–Crippen LogP) is 0.969. The summed E-state index contributed by atoms with van der Waals surface area (Å²) in [5, 5.41) is 2.58. The largest absolute Gasteiger partial charge is 0.323 e. The van der Waals surface area contributed by atoms with Crippen LogP contribution in [0.4, 0.5) is 8.78 Å². The smallest absolute Gasteiger partial charge is 0.275 e. The van der Waals surface area contributed by atoms with Crippen LogP contribution in [0.2, 0.25) is 0 Å². The van der Waals surface area contributed by atoms with Gasteiger partial charge in [-0.05, 0) is 13.0 Å². The average Bonchev–Trinajstić information content (AvgIpc) is 2.00. The molecule has 0 aromatic carbocycles. The summed E-state index contributed by atoms with van der Waals surface area (Å²) in [4.78, 5) is 0. The minimum absolute atomic E-state index is 0.270. The Bertz CT molecular complexity index is 107. The Morgan fingerprint density at radius 2 is 2.00 bits per heavy atom. The van der Waals surface area contributed by atoms with Gasteiger partial charge in [-0.25, -0.2) is 8.78 Å². The Hall–Kier alpha value is -0.220. The Morgan fingerprint density at radius 1 is 1.45 bits per heavy atom. The lowest BCUT2D eigenvalue weighted by molar-refractivity contribution is -0.0388. The molecule has 0 aromatic heterocycles. The minimum atomic E-state index is -2.70. The maximum atomic E-state index is 12.4. The van der Waals surface area contributed by atoms with Crippen molar-refractivity contribution in [2.75, 3.05) is 13.1 Å². The summed E-state index contributed by atoms with van der Waals surface area (Å²) in [6.45, 7) is 4.34. The van der Waals surface area contributed by atoms with E-state index in [-0.39, 0.29) is 6.54 Å². The van der Waals surface area contributed by atoms with Gasteiger partial charge in [0.15, 0.2) is 0 Å². The third-order valence-corrected chi connectivity index (χ3v) is 1.54. The van der Waals surface area contributed by atoms with Crippen molar-refractivity contribution in [2.24, 2.45) is 5.73 Å². The van der Waals surface area contributed by atoms with Gasteiger partial charge in [0, 0.05) is 0 Å². The molecule has 11 heavy (non-hydrogen) atoms. The van der Waals surface area contributed by atoms with E-state index in [9.17, 15) is 8.78 Å². The minimum Gasteiger partial charge on any atom is -0.323 e. The standard InChI is InChI=1S/C5H10F2N2.C2H6/c6-5(7)3-9-2-1-4(5)8;1-2/h4,9H,1-3,8H2;1-2H3. The summed E-state index contributed by atoms with van der Waals surface area (Å²) in [7, 11) is 0. The number of nitrogens with two attached hydrogens (primary N) is 1. The van der Waals surface area contributed by atoms with Crippen LogP contribution < -0.4 is 11.1 Å². The fourth-order valence-electron chi connectivity index (χ4n) is 0.855. The van der Waals surface area contributed by atoms with Crippen molar-refractivity contribution in [3.63, 3.8) is 0 Å². The Labute approximate surface area is 66.1 Å². The molecular weight excluding hydrogens is 150 g/mol. The molecule has 4 heteroatoms. The molecule has 0 radical (unpaired) electrons. The van der Waals surface area contributed by atoms with E-state index >= 15 is 0 Å². The van der Waals surface area contributed by atoms with Gasteiger partial charge in [0.25, 0.3) is 5.92 Å². The van der Waals surface area contributed by atoms with Gasteiger partial charge in [-0.1, -0.05) is 13.8 Å². The summed E-state index contributed by atoms with van der Waals surface area (Å²) < 4.78 is 24.8. The number of hydrogen-bond acceptors (Lipinski definition) is 2. The molecule has 1 atom stereocenters. The monoisotopic (exact) mass is 166 g/mol. The number of alkyl halides is 2. The fraction of sp³-hybridized carbons (Fsp3) is 1.00. The first-order valence-electron chi connectivity index (χ1n) is 3.97. The van der Waals surface area contributed by atoms with Gasteiger partial charge in [0.05, 0.1) is 12.6 Å². The molecule has 1 heterocycles. The van der Waals surface area contributed by atoms with Crippen LogP contribution in [0.3, 0.4) is 0 Å². The molecule has 1 aliphatic heterocycles. The second-order valence-electron chi connectivity index (χ2n) is 2.33. The molecule has 0 spiro atoms. The molecule has 3 N–H and O–H groups in total. The second-order valence-corrected chi connectivity index (χ2v) is 2.33. The normalized spacial score (nSPS) is 28.6. The van der Waals surface area contributed by atoms with Gasteiger partial charge in [0.1, 0.15) is 0 Å². The van der Waals surface area contributed by atoms with Crippen LogP contribution in [0.5, 0.6) is 0 Å². The lowest BCUT2D eigenvalue weighted by Gasteiger charge is -2.28. The molecule has 68 valence electrons. The van der Waals surface area contributed by atoms with E-state index in [1.54, 1.807) is 0 Å². The molecule has 1 saturated heterocycles. The van der Waals surface area contributed by atoms with Gasteiger partial charge in [-0.3, -0.25) is 0 Å². The summed E-state index contributed by atoms with van der Waals surface area (Å²) in [6.07, 6.45) is 0.368. The van der Waals surface area contributed by atoms with E-state index in [1.165, 1.54) is 0 Å². The van der Waals surface area contributed by atoms with Crippen molar-refractivity contribution in [3.8, 4) is 0 Å². The highest BCUT2D eigenvalue weighted by Gasteiger charge is 2.38. The Morgan fingerprint density at radius 3 is 2.27 bits per heavy atom. The topological polar surface area (TPSA) is 38.0 Å². The zero-order valence-electron chi connectivity index (χ0n) is 7.03. The molecule has 1 unspecified atom stereocenters. The fourth-order valence-corrected chi connectivity index (χ4v) is 0.855. The van der Waals surface area contributed by atoms with Crippen LogP contribution >= 0.6 is 0 Å². The highest BCUT2D eigenvalue weighted by molar-refractivity contribution is 4.86. The van der Waals surface area contributed by atoms with Crippen LogP contribution in [-0.2, 0) is 0 Å². The van der Waals surface area contributed by atoms with Crippen molar-refractivity contribution in [1.82, 2.24) is 5.32 Å². The predicted molar refractivity (Wildman–Crippen MR) is 41.8 cm³/mol. The van der Waals surface area contributed by atoms with E-state index in [0.29, 0.717) is 13.0 Å². The maximum absolute atomic E-state index is 12.4. The van der Waals surface area contributed by atoms with Gasteiger partial charge in [-0.2, -0.15) is 0 Å². The summed E-state index contributed by atoms with van der Waals surface area (Å²) in [5.74, 6) is -2.70. The molecule has 0 aliphatic carbocycles. The Balaban J connectivity index is 0.000000461. The highest BCUT2D eigenvalue weighted by Crippen LogP contribution is 2.20. The molecule has 2 nitrogen and oxygen atoms in total. The van der Waals surface area contributed by atoms with Gasteiger partial charge < -0.3 is 11.1 Å². The molecule has 0 aromatic rings. The van der Waals surface area contributed by atoms with E-state index in [1.807, 2.05) is 13.8 Å². The number of piperidine rings is 1. The van der Waals surface area contributed by atoms with E-state index in [4.69, 9.17) is 5.73 Å². The molecule has 0 bridgehead atoms. The number of nitrogens with one attached hydrogen (secondary N) is 1. The maximum Gasteiger partial charge on any atom is 0.275 e. The van der Waals surface area contributed by atoms with Gasteiger partial charge >= 0.3 is 0 Å².